The number of nitro groups is 1. The summed E-state index contributed by atoms with van der Waals surface area (Å²) in [6, 6.07) is 3.23. The number of halogens is 1. The molecule has 0 spiro atoms. The van der Waals surface area contributed by atoms with Crippen molar-refractivity contribution in [1.82, 2.24) is 5.32 Å². The van der Waals surface area contributed by atoms with Gasteiger partial charge in [-0.25, -0.2) is 4.39 Å². The van der Waals surface area contributed by atoms with Crippen LogP contribution in [0, 0.1) is 15.9 Å². The molecular weight excluding hydrogens is 269 g/mol. The van der Waals surface area contributed by atoms with Gasteiger partial charge < -0.3 is 15.4 Å². The molecule has 0 heterocycles. The first-order valence-corrected chi connectivity index (χ1v) is 5.98. The number of nitro benzene ring substituents is 1. The van der Waals surface area contributed by atoms with E-state index in [4.69, 9.17) is 4.74 Å². The number of hydrogen-bond acceptors (Lipinski definition) is 5. The minimum Gasteiger partial charge on any atom is -0.383 e. The van der Waals surface area contributed by atoms with E-state index in [-0.39, 0.29) is 30.2 Å². The topological polar surface area (TPSA) is 93.5 Å². The van der Waals surface area contributed by atoms with Gasteiger partial charge >= 0.3 is 0 Å². The second kappa shape index (κ2) is 8.05. The van der Waals surface area contributed by atoms with Crippen LogP contribution >= 0.6 is 0 Å². The van der Waals surface area contributed by atoms with Crippen LogP contribution in [0.3, 0.4) is 0 Å². The molecule has 0 bridgehead atoms. The zero-order valence-electron chi connectivity index (χ0n) is 11.0. The molecule has 2 N–H and O–H groups in total. The van der Waals surface area contributed by atoms with Gasteiger partial charge in [-0.2, -0.15) is 0 Å². The zero-order valence-corrected chi connectivity index (χ0v) is 11.0. The Bertz CT molecular complexity index is 482. The lowest BCUT2D eigenvalue weighted by Gasteiger charge is -2.07. The third-order valence-electron chi connectivity index (χ3n) is 2.45. The first kappa shape index (κ1) is 15.8. The van der Waals surface area contributed by atoms with Gasteiger partial charge in [0.2, 0.25) is 5.91 Å². The second-order valence-electron chi connectivity index (χ2n) is 3.94. The Balaban J connectivity index is 2.46. The van der Waals surface area contributed by atoms with Gasteiger partial charge in [-0.05, 0) is 12.1 Å². The quantitative estimate of drug-likeness (QED) is 0.426. The van der Waals surface area contributed by atoms with Crippen LogP contribution < -0.4 is 10.6 Å². The van der Waals surface area contributed by atoms with Crippen molar-refractivity contribution in [3.63, 3.8) is 0 Å². The van der Waals surface area contributed by atoms with Gasteiger partial charge in [-0.1, -0.05) is 0 Å². The number of carbonyl (C=O) groups excluding carboxylic acids is 1. The SMILES string of the molecule is COCCNC(=O)CCNc1ccc(F)cc1[N+](=O)[O-]. The fourth-order valence-corrected chi connectivity index (χ4v) is 1.50. The van der Waals surface area contributed by atoms with Crippen LogP contribution in [-0.4, -0.2) is 37.6 Å². The zero-order chi connectivity index (χ0) is 15.0. The monoisotopic (exact) mass is 285 g/mol. The Morgan fingerprint density at radius 3 is 2.85 bits per heavy atom. The highest BCUT2D eigenvalue weighted by Gasteiger charge is 2.14. The molecular formula is C12H16FN3O4. The number of nitrogens with zero attached hydrogens (tertiary/aromatic N) is 1. The number of rotatable bonds is 8. The number of methoxy groups -OCH3 is 1. The third-order valence-corrected chi connectivity index (χ3v) is 2.45. The Labute approximate surface area is 115 Å². The smallest absolute Gasteiger partial charge is 0.295 e. The van der Waals surface area contributed by atoms with Gasteiger partial charge in [-0.15, -0.1) is 0 Å². The molecule has 0 aliphatic heterocycles. The minimum atomic E-state index is -0.681. The number of nitrogens with one attached hydrogen (secondary N) is 2. The van der Waals surface area contributed by atoms with Crippen LogP contribution in [0.2, 0.25) is 0 Å². The third kappa shape index (κ3) is 5.19. The summed E-state index contributed by atoms with van der Waals surface area (Å²) in [6.07, 6.45) is 0.151. The van der Waals surface area contributed by atoms with E-state index in [2.05, 4.69) is 10.6 Å². The number of carbonyl (C=O) groups is 1. The molecule has 8 heteroatoms. The summed E-state index contributed by atoms with van der Waals surface area (Å²) in [7, 11) is 1.53. The van der Waals surface area contributed by atoms with Crippen LogP contribution in [0.15, 0.2) is 18.2 Å². The fourth-order valence-electron chi connectivity index (χ4n) is 1.50. The molecule has 110 valence electrons. The summed E-state index contributed by atoms with van der Waals surface area (Å²) in [5.74, 6) is -0.876. The summed E-state index contributed by atoms with van der Waals surface area (Å²) in [5, 5.41) is 16.1. The maximum absolute atomic E-state index is 12.9. The summed E-state index contributed by atoms with van der Waals surface area (Å²) in [6.45, 7) is 1.04. The van der Waals surface area contributed by atoms with Crippen molar-refractivity contribution in [1.29, 1.82) is 0 Å². The summed E-state index contributed by atoms with van der Waals surface area (Å²) < 4.78 is 17.7. The number of ether oxygens (including phenoxy) is 1. The molecule has 0 saturated heterocycles. The molecule has 0 atom stereocenters. The molecule has 0 aliphatic carbocycles. The Kier molecular flexibility index (Phi) is 6.38. The van der Waals surface area contributed by atoms with Crippen LogP contribution in [0.5, 0.6) is 0 Å². The molecule has 0 aromatic heterocycles. The van der Waals surface area contributed by atoms with Crippen LogP contribution in [0.4, 0.5) is 15.8 Å². The standard InChI is InChI=1S/C12H16FN3O4/c1-20-7-6-15-12(17)4-5-14-10-3-2-9(13)8-11(10)16(18)19/h2-3,8,14H,4-7H2,1H3,(H,15,17). The molecule has 0 aliphatic rings. The molecule has 0 unspecified atom stereocenters. The highest BCUT2D eigenvalue weighted by molar-refractivity contribution is 5.76. The van der Waals surface area contributed by atoms with Crippen molar-refractivity contribution in [2.45, 2.75) is 6.42 Å². The summed E-state index contributed by atoms with van der Waals surface area (Å²) in [4.78, 5) is 21.5. The predicted octanol–water partition coefficient (Wildman–Crippen LogP) is 1.30. The number of anilines is 1. The average Bonchev–Trinajstić information content (AvgIpc) is 2.40. The maximum Gasteiger partial charge on any atom is 0.295 e. The maximum atomic E-state index is 12.9. The van der Waals surface area contributed by atoms with Gasteiger partial charge in [0.25, 0.3) is 5.69 Å². The van der Waals surface area contributed by atoms with E-state index >= 15 is 0 Å². The van der Waals surface area contributed by atoms with E-state index in [0.29, 0.717) is 13.2 Å². The van der Waals surface area contributed by atoms with Gasteiger partial charge in [0.15, 0.2) is 0 Å². The second-order valence-corrected chi connectivity index (χ2v) is 3.94. The van der Waals surface area contributed by atoms with E-state index in [1.54, 1.807) is 0 Å². The van der Waals surface area contributed by atoms with E-state index in [0.717, 1.165) is 12.1 Å². The fraction of sp³-hybridized carbons (Fsp3) is 0.417. The normalized spacial score (nSPS) is 10.1. The van der Waals surface area contributed by atoms with Gasteiger partial charge in [0.05, 0.1) is 17.6 Å². The number of amides is 1. The van der Waals surface area contributed by atoms with Gasteiger partial charge in [-0.3, -0.25) is 14.9 Å². The highest BCUT2D eigenvalue weighted by Crippen LogP contribution is 2.24. The molecule has 20 heavy (non-hydrogen) atoms. The van der Waals surface area contributed by atoms with Crippen molar-refractivity contribution >= 4 is 17.3 Å². The lowest BCUT2D eigenvalue weighted by molar-refractivity contribution is -0.384. The molecule has 0 saturated carbocycles. The Morgan fingerprint density at radius 2 is 2.20 bits per heavy atom. The van der Waals surface area contributed by atoms with Gasteiger partial charge in [0.1, 0.15) is 11.5 Å². The largest absolute Gasteiger partial charge is 0.383 e. The van der Waals surface area contributed by atoms with Crippen molar-refractivity contribution < 1.29 is 18.8 Å². The molecule has 1 amide bonds. The van der Waals surface area contributed by atoms with E-state index < -0.39 is 10.7 Å². The van der Waals surface area contributed by atoms with Crippen LogP contribution in [0.1, 0.15) is 6.42 Å². The highest BCUT2D eigenvalue weighted by atomic mass is 19.1. The molecule has 0 radical (unpaired) electrons. The van der Waals surface area contributed by atoms with Crippen molar-refractivity contribution in [2.24, 2.45) is 0 Å². The van der Waals surface area contributed by atoms with E-state index in [1.165, 1.54) is 13.2 Å². The minimum absolute atomic E-state index is 0.151. The first-order chi connectivity index (χ1) is 9.54. The van der Waals surface area contributed by atoms with Crippen LogP contribution in [-0.2, 0) is 9.53 Å². The lowest BCUT2D eigenvalue weighted by atomic mass is 10.2. The molecule has 1 aromatic carbocycles. The Hall–Kier alpha value is -2.22. The molecule has 7 nitrogen and oxygen atoms in total. The lowest BCUT2D eigenvalue weighted by Crippen LogP contribution is -2.28. The Morgan fingerprint density at radius 1 is 1.45 bits per heavy atom. The van der Waals surface area contributed by atoms with Gasteiger partial charge in [0, 0.05) is 26.6 Å². The van der Waals surface area contributed by atoms with Crippen molar-refractivity contribution in [3.8, 4) is 0 Å². The molecule has 0 fully saturated rings. The average molecular weight is 285 g/mol. The first-order valence-electron chi connectivity index (χ1n) is 5.98. The summed E-state index contributed by atoms with van der Waals surface area (Å²) >= 11 is 0. The van der Waals surface area contributed by atoms with E-state index in [9.17, 15) is 19.3 Å². The number of hydrogen-bond donors (Lipinski definition) is 2. The van der Waals surface area contributed by atoms with Crippen LogP contribution in [0.25, 0.3) is 0 Å². The van der Waals surface area contributed by atoms with E-state index in [1.807, 2.05) is 0 Å². The molecule has 1 aromatic rings. The van der Waals surface area contributed by atoms with Crippen molar-refractivity contribution in [3.05, 3.63) is 34.1 Å². The molecule has 1 rings (SSSR count). The number of benzene rings is 1. The predicted molar refractivity (Wildman–Crippen MR) is 71.0 cm³/mol. The summed E-state index contributed by atoms with van der Waals surface area (Å²) in [5.41, 5.74) is -0.175. The van der Waals surface area contributed by atoms with Crippen molar-refractivity contribution in [2.75, 3.05) is 32.1 Å².